The number of nitrogens with one attached hydrogen (secondary N) is 1. The lowest BCUT2D eigenvalue weighted by molar-refractivity contribution is 0.0698. The van der Waals surface area contributed by atoms with E-state index in [9.17, 15) is 9.18 Å². The lowest BCUT2D eigenvalue weighted by atomic mass is 9.91. The van der Waals surface area contributed by atoms with Crippen molar-refractivity contribution in [1.29, 1.82) is 5.41 Å². The molecule has 0 radical (unpaired) electrons. The monoisotopic (exact) mass is 352 g/mol. The lowest BCUT2D eigenvalue weighted by Gasteiger charge is -2.36. The Morgan fingerprint density at radius 3 is 2.88 bits per heavy atom. The van der Waals surface area contributed by atoms with Crippen LogP contribution in [0.4, 0.5) is 10.1 Å². The standard InChI is InChI=1S/C17H22ClFN4O/c1-3-6-12(20)10-7-5-8-23(13(10)4-2)17(24)11-9-22-16(18)14(19)15(11)21/h7,9,13,20H,3-6,8H2,1-2H3,(H2,21,22). The average Bonchev–Trinajstić information content (AvgIpc) is 2.58. The highest BCUT2D eigenvalue weighted by molar-refractivity contribution is 6.30. The first-order valence-electron chi connectivity index (χ1n) is 8.10. The summed E-state index contributed by atoms with van der Waals surface area (Å²) in [6.45, 7) is 4.49. The fourth-order valence-electron chi connectivity index (χ4n) is 3.02. The smallest absolute Gasteiger partial charge is 0.258 e. The second kappa shape index (κ2) is 7.75. The molecule has 0 saturated carbocycles. The Morgan fingerprint density at radius 2 is 2.25 bits per heavy atom. The van der Waals surface area contributed by atoms with Gasteiger partial charge in [0.2, 0.25) is 0 Å². The van der Waals surface area contributed by atoms with Crippen molar-refractivity contribution in [3.05, 3.63) is 34.4 Å². The molecule has 1 aromatic heterocycles. The third-order valence-electron chi connectivity index (χ3n) is 4.21. The molecule has 7 heteroatoms. The molecular formula is C17H22ClFN4O. The van der Waals surface area contributed by atoms with Crippen molar-refractivity contribution in [2.24, 2.45) is 0 Å². The van der Waals surface area contributed by atoms with Crippen LogP contribution in [0.15, 0.2) is 17.8 Å². The highest BCUT2D eigenvalue weighted by Gasteiger charge is 2.32. The molecule has 0 bridgehead atoms. The molecule has 1 atom stereocenters. The van der Waals surface area contributed by atoms with Crippen LogP contribution >= 0.6 is 11.6 Å². The first-order chi connectivity index (χ1) is 11.4. The zero-order valence-corrected chi connectivity index (χ0v) is 14.7. The molecule has 1 amide bonds. The molecule has 0 spiro atoms. The zero-order valence-electron chi connectivity index (χ0n) is 13.9. The van der Waals surface area contributed by atoms with Crippen LogP contribution in [0, 0.1) is 11.2 Å². The Hall–Kier alpha value is -1.95. The van der Waals surface area contributed by atoms with E-state index in [4.69, 9.17) is 22.7 Å². The number of nitrogens with two attached hydrogens (primary N) is 1. The summed E-state index contributed by atoms with van der Waals surface area (Å²) in [5.74, 6) is -1.25. The number of hydrogen-bond acceptors (Lipinski definition) is 4. The molecule has 0 aromatic carbocycles. The molecule has 1 unspecified atom stereocenters. The van der Waals surface area contributed by atoms with Crippen LogP contribution in [0.25, 0.3) is 0 Å². The van der Waals surface area contributed by atoms with Gasteiger partial charge in [-0.2, -0.15) is 0 Å². The highest BCUT2D eigenvalue weighted by atomic mass is 35.5. The summed E-state index contributed by atoms with van der Waals surface area (Å²) in [6.07, 6.45) is 6.12. The number of carbonyl (C=O) groups excluding carboxylic acids is 1. The van der Waals surface area contributed by atoms with E-state index >= 15 is 0 Å². The third kappa shape index (κ3) is 3.43. The van der Waals surface area contributed by atoms with Crippen molar-refractivity contribution < 1.29 is 9.18 Å². The predicted octanol–water partition coefficient (Wildman–Crippen LogP) is 3.83. The average molecular weight is 353 g/mol. The van der Waals surface area contributed by atoms with Crippen LogP contribution in [0.5, 0.6) is 0 Å². The number of anilines is 1. The third-order valence-corrected chi connectivity index (χ3v) is 4.47. The summed E-state index contributed by atoms with van der Waals surface area (Å²) in [7, 11) is 0. The van der Waals surface area contributed by atoms with Gasteiger partial charge in [-0.1, -0.05) is 37.9 Å². The summed E-state index contributed by atoms with van der Waals surface area (Å²) in [6, 6.07) is -0.205. The van der Waals surface area contributed by atoms with Crippen LogP contribution in [0.3, 0.4) is 0 Å². The molecule has 1 aliphatic heterocycles. The van der Waals surface area contributed by atoms with E-state index in [1.54, 1.807) is 4.90 Å². The number of amides is 1. The first kappa shape index (κ1) is 18.4. The van der Waals surface area contributed by atoms with Crippen LogP contribution in [-0.4, -0.2) is 34.1 Å². The normalized spacial score (nSPS) is 17.6. The van der Waals surface area contributed by atoms with Crippen molar-refractivity contribution in [2.75, 3.05) is 12.3 Å². The Morgan fingerprint density at radius 1 is 1.54 bits per heavy atom. The van der Waals surface area contributed by atoms with Gasteiger partial charge in [-0.3, -0.25) is 4.79 Å². The second-order valence-electron chi connectivity index (χ2n) is 5.79. The Kier molecular flexibility index (Phi) is 5.94. The number of nitrogen functional groups attached to an aromatic ring is 1. The summed E-state index contributed by atoms with van der Waals surface area (Å²) in [5, 5.41) is 7.89. The molecule has 130 valence electrons. The van der Waals surface area contributed by atoms with Gasteiger partial charge in [0.05, 0.1) is 17.3 Å². The van der Waals surface area contributed by atoms with Crippen LogP contribution < -0.4 is 5.73 Å². The minimum absolute atomic E-state index is 0.0126. The van der Waals surface area contributed by atoms with Gasteiger partial charge < -0.3 is 16.0 Å². The van der Waals surface area contributed by atoms with Crippen molar-refractivity contribution in [1.82, 2.24) is 9.88 Å². The topological polar surface area (TPSA) is 83.1 Å². The van der Waals surface area contributed by atoms with E-state index in [2.05, 4.69) is 4.98 Å². The molecule has 1 aliphatic rings. The second-order valence-corrected chi connectivity index (χ2v) is 6.15. The molecule has 2 heterocycles. The van der Waals surface area contributed by atoms with Gasteiger partial charge in [0.25, 0.3) is 5.91 Å². The van der Waals surface area contributed by atoms with Crippen molar-refractivity contribution in [2.45, 2.75) is 45.6 Å². The van der Waals surface area contributed by atoms with Gasteiger partial charge in [0, 0.05) is 18.5 Å². The Bertz CT molecular complexity index is 689. The first-order valence-corrected chi connectivity index (χ1v) is 8.48. The highest BCUT2D eigenvalue weighted by Crippen LogP contribution is 2.28. The fraction of sp³-hybridized carbons (Fsp3) is 0.471. The summed E-state index contributed by atoms with van der Waals surface area (Å²) in [5.41, 5.74) is 6.87. The number of halogens is 2. The number of hydrogen-bond donors (Lipinski definition) is 2. The number of nitrogens with zero attached hydrogens (tertiary/aromatic N) is 2. The molecule has 5 nitrogen and oxygen atoms in total. The largest absolute Gasteiger partial charge is 0.396 e. The number of pyridine rings is 1. The quantitative estimate of drug-likeness (QED) is 0.624. The molecule has 0 fully saturated rings. The van der Waals surface area contributed by atoms with Gasteiger partial charge in [0.1, 0.15) is 0 Å². The SMILES string of the molecule is CCCC(=N)C1=CCCN(C(=O)c2cnc(Cl)c(F)c2N)C1CC. The van der Waals surface area contributed by atoms with Crippen molar-refractivity contribution in [3.63, 3.8) is 0 Å². The number of aromatic nitrogens is 1. The maximum absolute atomic E-state index is 13.9. The number of carbonyl (C=O) groups is 1. The van der Waals surface area contributed by atoms with E-state index in [1.165, 1.54) is 6.20 Å². The van der Waals surface area contributed by atoms with E-state index in [-0.39, 0.29) is 28.4 Å². The Balaban J connectivity index is 2.34. The van der Waals surface area contributed by atoms with E-state index in [1.807, 2.05) is 19.9 Å². The summed E-state index contributed by atoms with van der Waals surface area (Å²) >= 11 is 5.60. The summed E-state index contributed by atoms with van der Waals surface area (Å²) < 4.78 is 13.9. The molecule has 24 heavy (non-hydrogen) atoms. The van der Waals surface area contributed by atoms with E-state index < -0.39 is 5.82 Å². The Labute approximate surface area is 146 Å². The maximum atomic E-state index is 13.9. The van der Waals surface area contributed by atoms with Gasteiger partial charge in [0.15, 0.2) is 11.0 Å². The van der Waals surface area contributed by atoms with Gasteiger partial charge >= 0.3 is 0 Å². The molecule has 2 rings (SSSR count). The minimum atomic E-state index is -0.873. The van der Waals surface area contributed by atoms with Gasteiger partial charge in [-0.05, 0) is 24.8 Å². The van der Waals surface area contributed by atoms with Crippen LogP contribution in [0.2, 0.25) is 5.15 Å². The van der Waals surface area contributed by atoms with E-state index in [0.29, 0.717) is 31.5 Å². The molecular weight excluding hydrogens is 331 g/mol. The van der Waals surface area contributed by atoms with Crippen molar-refractivity contribution >= 4 is 28.9 Å². The number of rotatable bonds is 5. The van der Waals surface area contributed by atoms with Crippen molar-refractivity contribution in [3.8, 4) is 0 Å². The molecule has 3 N–H and O–H groups in total. The minimum Gasteiger partial charge on any atom is -0.396 e. The van der Waals surface area contributed by atoms with Crippen LogP contribution in [0.1, 0.15) is 49.9 Å². The summed E-state index contributed by atoms with van der Waals surface area (Å²) in [4.78, 5) is 18.2. The lowest BCUT2D eigenvalue weighted by Crippen LogP contribution is -2.45. The van der Waals surface area contributed by atoms with Gasteiger partial charge in [-0.25, -0.2) is 9.37 Å². The fourth-order valence-corrected chi connectivity index (χ4v) is 3.17. The zero-order chi connectivity index (χ0) is 17.9. The van der Waals surface area contributed by atoms with Gasteiger partial charge in [-0.15, -0.1) is 0 Å². The molecule has 0 saturated heterocycles. The maximum Gasteiger partial charge on any atom is 0.258 e. The predicted molar refractivity (Wildman–Crippen MR) is 94.1 cm³/mol. The van der Waals surface area contributed by atoms with Crippen LogP contribution in [-0.2, 0) is 0 Å². The molecule has 0 aliphatic carbocycles. The van der Waals surface area contributed by atoms with E-state index in [0.717, 1.165) is 12.0 Å². The molecule has 1 aromatic rings.